The number of hydrogen-bond acceptors (Lipinski definition) is 4. The Morgan fingerprint density at radius 1 is 1.41 bits per heavy atom. The molecule has 0 unspecified atom stereocenters. The first-order valence-electron chi connectivity index (χ1n) is 5.42. The molecule has 0 fully saturated rings. The second-order valence-electron chi connectivity index (χ2n) is 3.73. The summed E-state index contributed by atoms with van der Waals surface area (Å²) >= 11 is 0. The fourth-order valence-corrected chi connectivity index (χ4v) is 2.62. The Kier molecular flexibility index (Phi) is 4.62. The van der Waals surface area contributed by atoms with Gasteiger partial charge in [-0.05, 0) is 24.6 Å². The van der Waals surface area contributed by atoms with E-state index in [2.05, 4.69) is 4.72 Å². The van der Waals surface area contributed by atoms with Crippen molar-refractivity contribution in [2.45, 2.75) is 19.8 Å². The van der Waals surface area contributed by atoms with Crippen molar-refractivity contribution in [3.63, 3.8) is 0 Å². The Balaban J connectivity index is 2.78. The summed E-state index contributed by atoms with van der Waals surface area (Å²) in [6.07, 6.45) is 1.48. The van der Waals surface area contributed by atoms with Crippen LogP contribution in [0.15, 0.2) is 18.2 Å². The zero-order valence-electron chi connectivity index (χ0n) is 10.1. The van der Waals surface area contributed by atoms with Gasteiger partial charge in [-0.3, -0.25) is 4.72 Å². The third-order valence-electron chi connectivity index (χ3n) is 2.27. The van der Waals surface area contributed by atoms with Crippen LogP contribution in [0.25, 0.3) is 0 Å². The maximum atomic E-state index is 11.6. The van der Waals surface area contributed by atoms with Gasteiger partial charge in [0.15, 0.2) is 0 Å². The molecule has 0 radical (unpaired) electrons. The number of rotatable bonds is 6. The summed E-state index contributed by atoms with van der Waals surface area (Å²) in [4.78, 5) is 0. The predicted octanol–water partition coefficient (Wildman–Crippen LogP) is 1.82. The third kappa shape index (κ3) is 4.14. The highest BCUT2D eigenvalue weighted by atomic mass is 32.2. The lowest BCUT2D eigenvalue weighted by Gasteiger charge is -2.10. The first kappa shape index (κ1) is 13.6. The number of benzene rings is 1. The molecule has 3 N–H and O–H groups in total. The molecule has 0 amide bonds. The first-order chi connectivity index (χ1) is 7.98. The van der Waals surface area contributed by atoms with Crippen LogP contribution in [0.2, 0.25) is 0 Å². The molecule has 1 aromatic rings. The van der Waals surface area contributed by atoms with E-state index in [1.165, 1.54) is 7.11 Å². The lowest BCUT2D eigenvalue weighted by molar-refractivity contribution is 0.417. The van der Waals surface area contributed by atoms with Crippen molar-refractivity contribution < 1.29 is 13.2 Å². The van der Waals surface area contributed by atoms with E-state index in [1.54, 1.807) is 18.2 Å². The molecule has 0 bridgehead atoms. The Morgan fingerprint density at radius 3 is 2.65 bits per heavy atom. The number of hydrogen-bond donors (Lipinski definition) is 2. The maximum absolute atomic E-state index is 11.6. The highest BCUT2D eigenvalue weighted by molar-refractivity contribution is 7.92. The van der Waals surface area contributed by atoms with Crippen LogP contribution in [0.3, 0.4) is 0 Å². The van der Waals surface area contributed by atoms with Crippen molar-refractivity contribution in [3.8, 4) is 5.75 Å². The minimum atomic E-state index is -3.28. The Labute approximate surface area is 102 Å². The summed E-state index contributed by atoms with van der Waals surface area (Å²) in [6, 6.07) is 4.80. The summed E-state index contributed by atoms with van der Waals surface area (Å²) in [5.74, 6) is 0.650. The van der Waals surface area contributed by atoms with Crippen molar-refractivity contribution >= 4 is 21.4 Å². The maximum Gasteiger partial charge on any atom is 0.232 e. The average Bonchev–Trinajstić information content (AvgIpc) is 2.26. The zero-order chi connectivity index (χ0) is 12.9. The van der Waals surface area contributed by atoms with Gasteiger partial charge in [0.25, 0.3) is 0 Å². The molecule has 0 aliphatic heterocycles. The fourth-order valence-electron chi connectivity index (χ4n) is 1.36. The predicted molar refractivity (Wildman–Crippen MR) is 69.7 cm³/mol. The normalized spacial score (nSPS) is 11.2. The van der Waals surface area contributed by atoms with Crippen molar-refractivity contribution in [2.75, 3.05) is 23.3 Å². The molecule has 1 rings (SSSR count). The standard InChI is InChI=1S/C11H18N2O3S/c1-3-4-7-17(14,15)13-9-5-6-11(16-2)10(12)8-9/h5-6,8,13H,3-4,7,12H2,1-2H3. The third-order valence-corrected chi connectivity index (χ3v) is 3.64. The molecule has 96 valence electrons. The number of sulfonamides is 1. The van der Waals surface area contributed by atoms with Crippen LogP contribution < -0.4 is 15.2 Å². The van der Waals surface area contributed by atoms with E-state index < -0.39 is 10.0 Å². The summed E-state index contributed by atoms with van der Waals surface area (Å²) < 4.78 is 30.8. The highest BCUT2D eigenvalue weighted by Crippen LogP contribution is 2.25. The summed E-state index contributed by atoms with van der Waals surface area (Å²) in [5.41, 5.74) is 6.55. The average molecular weight is 258 g/mol. The quantitative estimate of drug-likeness (QED) is 0.763. The number of methoxy groups -OCH3 is 1. The van der Waals surface area contributed by atoms with E-state index in [-0.39, 0.29) is 5.75 Å². The minimum Gasteiger partial charge on any atom is -0.495 e. The molecule has 5 nitrogen and oxygen atoms in total. The Morgan fingerprint density at radius 2 is 2.12 bits per heavy atom. The number of nitrogens with one attached hydrogen (secondary N) is 1. The number of nitrogens with two attached hydrogens (primary N) is 1. The number of ether oxygens (including phenoxy) is 1. The molecule has 0 heterocycles. The van der Waals surface area contributed by atoms with E-state index in [0.29, 0.717) is 23.5 Å². The van der Waals surface area contributed by atoms with E-state index in [0.717, 1.165) is 6.42 Å². The van der Waals surface area contributed by atoms with Gasteiger partial charge >= 0.3 is 0 Å². The SMILES string of the molecule is CCCCS(=O)(=O)Nc1ccc(OC)c(N)c1. The Hall–Kier alpha value is -1.43. The minimum absolute atomic E-state index is 0.120. The number of anilines is 2. The van der Waals surface area contributed by atoms with Crippen LogP contribution in [0.4, 0.5) is 11.4 Å². The van der Waals surface area contributed by atoms with Gasteiger partial charge in [-0.1, -0.05) is 13.3 Å². The molecular formula is C11H18N2O3S. The highest BCUT2D eigenvalue weighted by Gasteiger charge is 2.10. The van der Waals surface area contributed by atoms with Crippen LogP contribution >= 0.6 is 0 Å². The van der Waals surface area contributed by atoms with Crippen LogP contribution in [0.1, 0.15) is 19.8 Å². The van der Waals surface area contributed by atoms with Crippen molar-refractivity contribution in [3.05, 3.63) is 18.2 Å². The largest absolute Gasteiger partial charge is 0.495 e. The smallest absolute Gasteiger partial charge is 0.232 e. The summed E-state index contributed by atoms with van der Waals surface area (Å²) in [6.45, 7) is 1.95. The fraction of sp³-hybridized carbons (Fsp3) is 0.455. The monoisotopic (exact) mass is 258 g/mol. The van der Waals surface area contributed by atoms with Crippen LogP contribution in [-0.4, -0.2) is 21.3 Å². The van der Waals surface area contributed by atoms with Crippen molar-refractivity contribution in [2.24, 2.45) is 0 Å². The molecule has 0 atom stereocenters. The van der Waals surface area contributed by atoms with Crippen LogP contribution in [-0.2, 0) is 10.0 Å². The second kappa shape index (κ2) is 5.77. The second-order valence-corrected chi connectivity index (χ2v) is 5.57. The van der Waals surface area contributed by atoms with Gasteiger partial charge in [0.2, 0.25) is 10.0 Å². The van der Waals surface area contributed by atoms with E-state index >= 15 is 0 Å². The molecule has 0 aliphatic carbocycles. The molecule has 0 saturated carbocycles. The lowest BCUT2D eigenvalue weighted by Crippen LogP contribution is -2.16. The van der Waals surface area contributed by atoms with E-state index in [9.17, 15) is 8.42 Å². The lowest BCUT2D eigenvalue weighted by atomic mass is 10.2. The summed E-state index contributed by atoms with van der Waals surface area (Å²) in [7, 11) is -1.77. The molecule has 6 heteroatoms. The number of nitrogen functional groups attached to an aromatic ring is 1. The zero-order valence-corrected chi connectivity index (χ0v) is 10.9. The van der Waals surface area contributed by atoms with Gasteiger partial charge in [0, 0.05) is 0 Å². The number of unbranched alkanes of at least 4 members (excludes halogenated alkanes) is 1. The van der Waals surface area contributed by atoms with Gasteiger partial charge < -0.3 is 10.5 Å². The van der Waals surface area contributed by atoms with Crippen LogP contribution in [0.5, 0.6) is 5.75 Å². The van der Waals surface area contributed by atoms with E-state index in [1.807, 2.05) is 6.92 Å². The van der Waals surface area contributed by atoms with Crippen molar-refractivity contribution in [1.29, 1.82) is 0 Å². The van der Waals surface area contributed by atoms with E-state index in [4.69, 9.17) is 10.5 Å². The van der Waals surface area contributed by atoms with Gasteiger partial charge in [-0.15, -0.1) is 0 Å². The molecule has 0 aromatic heterocycles. The first-order valence-corrected chi connectivity index (χ1v) is 7.07. The van der Waals surface area contributed by atoms with Gasteiger partial charge in [-0.2, -0.15) is 0 Å². The molecule has 1 aromatic carbocycles. The van der Waals surface area contributed by atoms with Gasteiger partial charge in [-0.25, -0.2) is 8.42 Å². The molecule has 0 spiro atoms. The van der Waals surface area contributed by atoms with Gasteiger partial charge in [0.05, 0.1) is 24.2 Å². The topological polar surface area (TPSA) is 81.4 Å². The molecular weight excluding hydrogens is 240 g/mol. The van der Waals surface area contributed by atoms with Gasteiger partial charge in [0.1, 0.15) is 5.75 Å². The molecule has 17 heavy (non-hydrogen) atoms. The van der Waals surface area contributed by atoms with Crippen molar-refractivity contribution in [1.82, 2.24) is 0 Å². The Bertz CT molecular complexity index is 472. The van der Waals surface area contributed by atoms with Crippen LogP contribution in [0, 0.1) is 0 Å². The molecule has 0 aliphatic rings. The summed E-state index contributed by atoms with van der Waals surface area (Å²) in [5, 5.41) is 0. The molecule has 0 saturated heterocycles.